The molecule has 1 saturated heterocycles. The van der Waals surface area contributed by atoms with E-state index in [-0.39, 0.29) is 17.9 Å². The molecule has 1 atom stereocenters. The summed E-state index contributed by atoms with van der Waals surface area (Å²) in [6.07, 6.45) is 5.51. The molecule has 0 radical (unpaired) electrons. The summed E-state index contributed by atoms with van der Waals surface area (Å²) in [5, 5.41) is 8.93. The first-order valence-electron chi connectivity index (χ1n) is 6.71. The van der Waals surface area contributed by atoms with E-state index in [0.717, 1.165) is 0 Å². The average molecular weight is 264 g/mol. The standard InChI is InChI=1S/C14H20N2O3/c1-11(15-6-2-3-7-15)10-13(17)16-8-4-12(5-9-16)14(18)19/h2-3,6-7,11-12H,4-5,8-10H2,1H3,(H,18,19)/t11-/m1/s1. The van der Waals surface area contributed by atoms with Crippen molar-refractivity contribution in [3.8, 4) is 0 Å². The third kappa shape index (κ3) is 3.36. The van der Waals surface area contributed by atoms with E-state index in [1.165, 1.54) is 0 Å². The summed E-state index contributed by atoms with van der Waals surface area (Å²) in [5.41, 5.74) is 0. The number of nitrogens with zero attached hydrogens (tertiary/aromatic N) is 2. The largest absolute Gasteiger partial charge is 0.481 e. The van der Waals surface area contributed by atoms with Gasteiger partial charge in [-0.2, -0.15) is 0 Å². The minimum Gasteiger partial charge on any atom is -0.481 e. The number of carboxylic acid groups (broad SMARTS) is 1. The zero-order valence-electron chi connectivity index (χ0n) is 11.2. The van der Waals surface area contributed by atoms with E-state index >= 15 is 0 Å². The van der Waals surface area contributed by atoms with Crippen LogP contribution in [-0.4, -0.2) is 39.5 Å². The fourth-order valence-electron chi connectivity index (χ4n) is 2.50. The maximum absolute atomic E-state index is 12.1. The summed E-state index contributed by atoms with van der Waals surface area (Å²) in [6.45, 7) is 3.14. The summed E-state index contributed by atoms with van der Waals surface area (Å²) in [4.78, 5) is 24.8. The Labute approximate surface area is 112 Å². The van der Waals surface area contributed by atoms with Gasteiger partial charge in [0, 0.05) is 37.9 Å². The molecule has 0 unspecified atom stereocenters. The van der Waals surface area contributed by atoms with Gasteiger partial charge in [0.1, 0.15) is 0 Å². The van der Waals surface area contributed by atoms with E-state index < -0.39 is 5.97 Å². The number of aromatic nitrogens is 1. The van der Waals surface area contributed by atoms with Gasteiger partial charge in [0.15, 0.2) is 0 Å². The molecule has 2 rings (SSSR count). The van der Waals surface area contributed by atoms with Crippen LogP contribution in [0.1, 0.15) is 32.2 Å². The molecule has 0 spiro atoms. The normalized spacial score (nSPS) is 18.3. The van der Waals surface area contributed by atoms with Crippen molar-refractivity contribution in [2.45, 2.75) is 32.2 Å². The molecular weight excluding hydrogens is 244 g/mol. The number of hydrogen-bond acceptors (Lipinski definition) is 2. The van der Waals surface area contributed by atoms with Gasteiger partial charge in [0.2, 0.25) is 5.91 Å². The van der Waals surface area contributed by atoms with Crippen LogP contribution in [-0.2, 0) is 9.59 Å². The van der Waals surface area contributed by atoms with Crippen molar-refractivity contribution < 1.29 is 14.7 Å². The first kappa shape index (κ1) is 13.6. The predicted molar refractivity (Wildman–Crippen MR) is 70.7 cm³/mol. The van der Waals surface area contributed by atoms with Gasteiger partial charge >= 0.3 is 5.97 Å². The summed E-state index contributed by atoms with van der Waals surface area (Å²) >= 11 is 0. The summed E-state index contributed by atoms with van der Waals surface area (Å²) in [7, 11) is 0. The number of amides is 1. The molecule has 5 heteroatoms. The number of carbonyl (C=O) groups is 2. The summed E-state index contributed by atoms with van der Waals surface area (Å²) < 4.78 is 2.02. The van der Waals surface area contributed by atoms with Crippen molar-refractivity contribution in [1.82, 2.24) is 9.47 Å². The third-order valence-electron chi connectivity index (χ3n) is 3.80. The molecule has 1 fully saturated rings. The zero-order valence-corrected chi connectivity index (χ0v) is 11.2. The topological polar surface area (TPSA) is 62.5 Å². The lowest BCUT2D eigenvalue weighted by molar-refractivity contribution is -0.145. The van der Waals surface area contributed by atoms with Crippen molar-refractivity contribution in [1.29, 1.82) is 0 Å². The first-order chi connectivity index (χ1) is 9.08. The molecule has 1 aromatic rings. The highest BCUT2D eigenvalue weighted by atomic mass is 16.4. The highest BCUT2D eigenvalue weighted by Gasteiger charge is 2.27. The van der Waals surface area contributed by atoms with Crippen LogP contribution in [0.5, 0.6) is 0 Å². The lowest BCUT2D eigenvalue weighted by atomic mass is 9.97. The number of carbonyl (C=O) groups excluding carboxylic acids is 1. The van der Waals surface area contributed by atoms with Crippen molar-refractivity contribution in [2.75, 3.05) is 13.1 Å². The number of rotatable bonds is 4. The minimum absolute atomic E-state index is 0.116. The molecule has 104 valence electrons. The SMILES string of the molecule is C[C@H](CC(=O)N1CCC(C(=O)O)CC1)n1cccc1. The Balaban J connectivity index is 1.83. The van der Waals surface area contributed by atoms with Crippen molar-refractivity contribution >= 4 is 11.9 Å². The number of aliphatic carboxylic acids is 1. The molecule has 0 aromatic carbocycles. The molecule has 1 aliphatic heterocycles. The third-order valence-corrected chi connectivity index (χ3v) is 3.80. The monoisotopic (exact) mass is 264 g/mol. The molecule has 2 heterocycles. The van der Waals surface area contributed by atoms with Crippen LogP contribution in [0.2, 0.25) is 0 Å². The highest BCUT2D eigenvalue weighted by Crippen LogP contribution is 2.20. The van der Waals surface area contributed by atoms with E-state index in [4.69, 9.17) is 5.11 Å². The molecule has 0 aliphatic carbocycles. The summed E-state index contributed by atoms with van der Waals surface area (Å²) in [5.74, 6) is -0.913. The number of piperidine rings is 1. The Morgan fingerprint density at radius 1 is 1.26 bits per heavy atom. The van der Waals surface area contributed by atoms with Gasteiger partial charge in [-0.3, -0.25) is 9.59 Å². The van der Waals surface area contributed by atoms with Crippen LogP contribution >= 0.6 is 0 Å². The van der Waals surface area contributed by atoms with Crippen LogP contribution in [0, 0.1) is 5.92 Å². The van der Waals surface area contributed by atoms with Gasteiger partial charge in [-0.1, -0.05) is 0 Å². The smallest absolute Gasteiger partial charge is 0.306 e. The fourth-order valence-corrected chi connectivity index (χ4v) is 2.50. The average Bonchev–Trinajstić information content (AvgIpc) is 2.92. The van der Waals surface area contributed by atoms with Crippen molar-refractivity contribution in [3.05, 3.63) is 24.5 Å². The molecule has 0 saturated carbocycles. The van der Waals surface area contributed by atoms with Gasteiger partial charge in [-0.05, 0) is 31.9 Å². The van der Waals surface area contributed by atoms with E-state index in [9.17, 15) is 9.59 Å². The van der Waals surface area contributed by atoms with Gasteiger partial charge < -0.3 is 14.6 Å². The van der Waals surface area contributed by atoms with E-state index in [2.05, 4.69) is 0 Å². The molecule has 1 amide bonds. The molecule has 5 nitrogen and oxygen atoms in total. The Morgan fingerprint density at radius 3 is 2.37 bits per heavy atom. The van der Waals surface area contributed by atoms with Gasteiger partial charge in [0.05, 0.1) is 5.92 Å². The van der Waals surface area contributed by atoms with E-state index in [1.807, 2.05) is 36.0 Å². The van der Waals surface area contributed by atoms with Crippen LogP contribution in [0.3, 0.4) is 0 Å². The second-order valence-electron chi connectivity index (χ2n) is 5.18. The molecule has 0 bridgehead atoms. The molecule has 19 heavy (non-hydrogen) atoms. The first-order valence-corrected chi connectivity index (χ1v) is 6.71. The molecule has 1 N–H and O–H groups in total. The Hall–Kier alpha value is -1.78. The van der Waals surface area contributed by atoms with Crippen LogP contribution < -0.4 is 0 Å². The fraction of sp³-hybridized carbons (Fsp3) is 0.571. The Bertz CT molecular complexity index is 434. The van der Waals surface area contributed by atoms with Gasteiger partial charge in [-0.15, -0.1) is 0 Å². The van der Waals surface area contributed by atoms with Crippen LogP contribution in [0.25, 0.3) is 0 Å². The van der Waals surface area contributed by atoms with Gasteiger partial charge in [0.25, 0.3) is 0 Å². The zero-order chi connectivity index (χ0) is 13.8. The molecular formula is C14H20N2O3. The number of carboxylic acids is 1. The molecule has 1 aromatic heterocycles. The van der Waals surface area contributed by atoms with Crippen LogP contribution in [0.15, 0.2) is 24.5 Å². The quantitative estimate of drug-likeness (QED) is 0.901. The predicted octanol–water partition coefficient (Wildman–Crippen LogP) is 1.76. The van der Waals surface area contributed by atoms with Crippen LogP contribution in [0.4, 0.5) is 0 Å². The van der Waals surface area contributed by atoms with Crippen molar-refractivity contribution in [2.24, 2.45) is 5.92 Å². The number of likely N-dealkylation sites (tertiary alicyclic amines) is 1. The maximum atomic E-state index is 12.1. The second kappa shape index (κ2) is 5.91. The Morgan fingerprint density at radius 2 is 1.84 bits per heavy atom. The molecule has 1 aliphatic rings. The maximum Gasteiger partial charge on any atom is 0.306 e. The Kier molecular flexibility index (Phi) is 4.24. The van der Waals surface area contributed by atoms with Gasteiger partial charge in [-0.25, -0.2) is 0 Å². The van der Waals surface area contributed by atoms with E-state index in [1.54, 1.807) is 4.90 Å². The minimum atomic E-state index is -0.743. The lowest BCUT2D eigenvalue weighted by Gasteiger charge is -2.31. The summed E-state index contributed by atoms with van der Waals surface area (Å²) in [6, 6.07) is 4.03. The second-order valence-corrected chi connectivity index (χ2v) is 5.18. The highest BCUT2D eigenvalue weighted by molar-refractivity contribution is 5.77. The van der Waals surface area contributed by atoms with E-state index in [0.29, 0.717) is 32.4 Å². The number of hydrogen-bond donors (Lipinski definition) is 1. The lowest BCUT2D eigenvalue weighted by Crippen LogP contribution is -2.40. The van der Waals surface area contributed by atoms with Crippen molar-refractivity contribution in [3.63, 3.8) is 0 Å².